The van der Waals surface area contributed by atoms with Crippen LogP contribution in [0.15, 0.2) is 58.5 Å². The van der Waals surface area contributed by atoms with Crippen LogP contribution < -0.4 is 5.56 Å². The molecule has 1 amide bonds. The molecule has 0 N–H and O–H groups in total. The molecule has 0 saturated heterocycles. The van der Waals surface area contributed by atoms with Crippen LogP contribution in [0.25, 0.3) is 10.9 Å². The number of hydrogen-bond donors (Lipinski definition) is 0. The predicted octanol–water partition coefficient (Wildman–Crippen LogP) is 5.20. The molecule has 1 heterocycles. The Kier molecular flexibility index (Phi) is 8.57. The van der Waals surface area contributed by atoms with Crippen LogP contribution in [0.2, 0.25) is 0 Å². The minimum atomic E-state index is -0.287. The van der Waals surface area contributed by atoms with E-state index in [1.165, 1.54) is 30.3 Å². The number of benzene rings is 2. The zero-order chi connectivity index (χ0) is 24.8. The summed E-state index contributed by atoms with van der Waals surface area (Å²) in [5.41, 5.74) is 1.39. The Morgan fingerprint density at radius 2 is 1.89 bits per heavy atom. The monoisotopic (exact) mass is 497 g/mol. The maximum absolute atomic E-state index is 13.5. The summed E-state index contributed by atoms with van der Waals surface area (Å²) in [6.07, 6.45) is 5.34. The van der Waals surface area contributed by atoms with Crippen LogP contribution in [0.1, 0.15) is 50.6 Å². The van der Waals surface area contributed by atoms with E-state index in [0.29, 0.717) is 29.2 Å². The quantitative estimate of drug-likeness (QED) is 0.300. The summed E-state index contributed by atoms with van der Waals surface area (Å²) in [7, 11) is 1.60. The lowest BCUT2D eigenvalue weighted by molar-refractivity contribution is -0.132. The largest absolute Gasteiger partial charge is 0.383 e. The lowest BCUT2D eigenvalue weighted by Gasteiger charge is -2.34. The first-order valence-corrected chi connectivity index (χ1v) is 13.1. The van der Waals surface area contributed by atoms with Crippen molar-refractivity contribution in [3.05, 3.63) is 70.3 Å². The number of fused-ring (bicyclic) bond motifs is 1. The molecule has 0 spiro atoms. The molecule has 0 aliphatic heterocycles. The van der Waals surface area contributed by atoms with Gasteiger partial charge in [-0.25, -0.2) is 9.37 Å². The fourth-order valence-corrected chi connectivity index (χ4v) is 5.72. The summed E-state index contributed by atoms with van der Waals surface area (Å²) >= 11 is 1.29. The molecule has 2 aromatic carbocycles. The number of rotatable bonds is 9. The molecule has 1 aliphatic rings. The van der Waals surface area contributed by atoms with Gasteiger partial charge in [-0.05, 0) is 49.6 Å². The standard InChI is InChI=1S/C27H32FN3O3S/c1-19(17-34-2)31-26(33)23-10-6-7-11-24(23)29-27(31)35-18-25(32)30(22-8-4-3-5-9-22)16-20-12-14-21(28)15-13-20/h6-7,10-15,19,22H,3-5,8-9,16-18H2,1-2H3. The van der Waals surface area contributed by atoms with Crippen LogP contribution in [0.3, 0.4) is 0 Å². The van der Waals surface area contributed by atoms with Crippen molar-refractivity contribution in [2.75, 3.05) is 19.5 Å². The van der Waals surface area contributed by atoms with Gasteiger partial charge in [0.05, 0.1) is 29.3 Å². The fourth-order valence-electron chi connectivity index (χ4n) is 4.74. The van der Waals surface area contributed by atoms with Crippen molar-refractivity contribution in [2.24, 2.45) is 0 Å². The van der Waals surface area contributed by atoms with E-state index >= 15 is 0 Å². The van der Waals surface area contributed by atoms with E-state index in [4.69, 9.17) is 9.72 Å². The van der Waals surface area contributed by atoms with E-state index in [2.05, 4.69) is 0 Å². The van der Waals surface area contributed by atoms with Crippen molar-refractivity contribution in [2.45, 2.75) is 62.8 Å². The Morgan fingerprint density at radius 3 is 2.60 bits per heavy atom. The van der Waals surface area contributed by atoms with Gasteiger partial charge in [-0.2, -0.15) is 0 Å². The van der Waals surface area contributed by atoms with E-state index < -0.39 is 0 Å². The summed E-state index contributed by atoms with van der Waals surface area (Å²) in [6, 6.07) is 13.5. The van der Waals surface area contributed by atoms with Crippen molar-refractivity contribution >= 4 is 28.6 Å². The molecule has 3 aromatic rings. The van der Waals surface area contributed by atoms with Gasteiger partial charge in [-0.1, -0.05) is 55.3 Å². The van der Waals surface area contributed by atoms with Crippen LogP contribution in [-0.4, -0.2) is 45.9 Å². The molecule has 1 unspecified atom stereocenters. The van der Waals surface area contributed by atoms with E-state index in [1.807, 2.05) is 30.0 Å². The van der Waals surface area contributed by atoms with Crippen LogP contribution in [0.4, 0.5) is 4.39 Å². The van der Waals surface area contributed by atoms with Crippen LogP contribution >= 0.6 is 11.8 Å². The molecule has 1 saturated carbocycles. The number of methoxy groups -OCH3 is 1. The molecule has 4 rings (SSSR count). The van der Waals surface area contributed by atoms with Gasteiger partial charge < -0.3 is 9.64 Å². The van der Waals surface area contributed by atoms with Gasteiger partial charge >= 0.3 is 0 Å². The molecule has 35 heavy (non-hydrogen) atoms. The summed E-state index contributed by atoms with van der Waals surface area (Å²) in [5, 5.41) is 1.06. The minimum Gasteiger partial charge on any atom is -0.383 e. The smallest absolute Gasteiger partial charge is 0.262 e. The maximum Gasteiger partial charge on any atom is 0.262 e. The highest BCUT2D eigenvalue weighted by Crippen LogP contribution is 2.27. The first-order chi connectivity index (χ1) is 17.0. The number of carbonyl (C=O) groups excluding carboxylic acids is 1. The normalized spacial score (nSPS) is 15.3. The van der Waals surface area contributed by atoms with Gasteiger partial charge in [0, 0.05) is 19.7 Å². The van der Waals surface area contributed by atoms with Gasteiger partial charge in [0.2, 0.25) is 5.91 Å². The maximum atomic E-state index is 13.5. The van der Waals surface area contributed by atoms with Crippen LogP contribution in [0, 0.1) is 5.82 Å². The van der Waals surface area contributed by atoms with E-state index in [1.54, 1.807) is 29.9 Å². The zero-order valence-corrected chi connectivity index (χ0v) is 21.1. The van der Waals surface area contributed by atoms with E-state index in [-0.39, 0.29) is 35.1 Å². The second-order valence-corrected chi connectivity index (χ2v) is 10.1. The summed E-state index contributed by atoms with van der Waals surface area (Å²) in [5.74, 6) is -0.118. The lowest BCUT2D eigenvalue weighted by Crippen LogP contribution is -2.42. The topological polar surface area (TPSA) is 64.4 Å². The fraction of sp³-hybridized carbons (Fsp3) is 0.444. The highest BCUT2D eigenvalue weighted by molar-refractivity contribution is 7.99. The van der Waals surface area contributed by atoms with Crippen molar-refractivity contribution < 1.29 is 13.9 Å². The molecular formula is C27H32FN3O3S. The third-order valence-electron chi connectivity index (χ3n) is 6.55. The number of amides is 1. The third-order valence-corrected chi connectivity index (χ3v) is 7.49. The number of para-hydroxylation sites is 1. The van der Waals surface area contributed by atoms with Crippen molar-refractivity contribution in [3.63, 3.8) is 0 Å². The highest BCUT2D eigenvalue weighted by Gasteiger charge is 2.26. The Hall–Kier alpha value is -2.71. The Bertz CT molecular complexity index is 1210. The predicted molar refractivity (Wildman–Crippen MR) is 137 cm³/mol. The SMILES string of the molecule is COCC(C)n1c(SCC(=O)N(Cc2ccc(F)cc2)C2CCCCC2)nc2ccccc2c1=O. The van der Waals surface area contributed by atoms with Gasteiger partial charge in [0.15, 0.2) is 5.16 Å². The van der Waals surface area contributed by atoms with Gasteiger partial charge in [-0.3, -0.25) is 14.2 Å². The first kappa shape index (κ1) is 25.4. The lowest BCUT2D eigenvalue weighted by atomic mass is 9.94. The molecule has 1 aliphatic carbocycles. The third kappa shape index (κ3) is 6.11. The van der Waals surface area contributed by atoms with Crippen LogP contribution in [0.5, 0.6) is 0 Å². The number of thioether (sulfide) groups is 1. The average Bonchev–Trinajstić information content (AvgIpc) is 2.87. The summed E-state index contributed by atoms with van der Waals surface area (Å²) < 4.78 is 20.4. The number of hydrogen-bond acceptors (Lipinski definition) is 5. The van der Waals surface area contributed by atoms with Gasteiger partial charge in [-0.15, -0.1) is 0 Å². The molecular weight excluding hydrogens is 465 g/mol. The molecule has 6 nitrogen and oxygen atoms in total. The summed E-state index contributed by atoms with van der Waals surface area (Å²) in [4.78, 5) is 33.5. The number of halogens is 1. The first-order valence-electron chi connectivity index (χ1n) is 12.1. The summed E-state index contributed by atoms with van der Waals surface area (Å²) in [6.45, 7) is 2.72. The Labute approximate surface area is 209 Å². The molecule has 1 fully saturated rings. The Balaban J connectivity index is 1.59. The second kappa shape index (κ2) is 11.8. The number of ether oxygens (including phenoxy) is 1. The molecule has 0 radical (unpaired) electrons. The minimum absolute atomic E-state index is 0.000391. The molecule has 0 bridgehead atoms. The molecule has 8 heteroatoms. The number of aromatic nitrogens is 2. The van der Waals surface area contributed by atoms with Crippen molar-refractivity contribution in [1.29, 1.82) is 0 Å². The Morgan fingerprint density at radius 1 is 1.17 bits per heavy atom. The second-order valence-electron chi connectivity index (χ2n) is 9.12. The highest BCUT2D eigenvalue weighted by atomic mass is 32.2. The van der Waals surface area contributed by atoms with Crippen molar-refractivity contribution in [3.8, 4) is 0 Å². The molecule has 186 valence electrons. The number of nitrogens with zero attached hydrogens (tertiary/aromatic N) is 3. The number of carbonyl (C=O) groups is 1. The van der Waals surface area contributed by atoms with E-state index in [0.717, 1.165) is 31.2 Å². The van der Waals surface area contributed by atoms with E-state index in [9.17, 15) is 14.0 Å². The molecule has 1 atom stereocenters. The molecule has 1 aromatic heterocycles. The van der Waals surface area contributed by atoms with Crippen LogP contribution in [-0.2, 0) is 16.1 Å². The van der Waals surface area contributed by atoms with Crippen molar-refractivity contribution in [1.82, 2.24) is 14.5 Å². The average molecular weight is 498 g/mol. The van der Waals surface area contributed by atoms with Gasteiger partial charge in [0.1, 0.15) is 5.82 Å². The van der Waals surface area contributed by atoms with Gasteiger partial charge in [0.25, 0.3) is 5.56 Å². The zero-order valence-electron chi connectivity index (χ0n) is 20.3.